The summed E-state index contributed by atoms with van der Waals surface area (Å²) in [7, 11) is 0. The highest BCUT2D eigenvalue weighted by atomic mass is 79.9. The number of halogens is 4. The number of nitrogens with one attached hydrogen (secondary N) is 1. The lowest BCUT2D eigenvalue weighted by Gasteiger charge is -2.17. The summed E-state index contributed by atoms with van der Waals surface area (Å²) in [6.45, 7) is 0. The minimum atomic E-state index is -0.663. The minimum absolute atomic E-state index is 0.0158. The van der Waals surface area contributed by atoms with Gasteiger partial charge in [-0.15, -0.1) is 0 Å². The number of benzene rings is 2. The van der Waals surface area contributed by atoms with Crippen molar-refractivity contribution < 1.29 is 13.2 Å². The normalized spacial score (nSPS) is 12.4. The van der Waals surface area contributed by atoms with Crippen molar-refractivity contribution in [3.8, 4) is 0 Å². The molecule has 1 unspecified atom stereocenters. The van der Waals surface area contributed by atoms with Crippen LogP contribution in [0.3, 0.4) is 0 Å². The average Bonchev–Trinajstić information content (AvgIpc) is 2.48. The first-order valence-corrected chi connectivity index (χ1v) is 7.14. The Bertz CT molecular complexity index is 634. The molecular formula is C15H14BrF3N2. The third kappa shape index (κ3) is 3.84. The van der Waals surface area contributed by atoms with Crippen LogP contribution in [0, 0.1) is 17.5 Å². The van der Waals surface area contributed by atoms with Gasteiger partial charge in [0.05, 0.1) is 4.47 Å². The van der Waals surface area contributed by atoms with Crippen molar-refractivity contribution in [2.24, 2.45) is 5.84 Å². The number of rotatable bonds is 5. The van der Waals surface area contributed by atoms with Crippen LogP contribution in [0.15, 0.2) is 40.9 Å². The van der Waals surface area contributed by atoms with Gasteiger partial charge in [0.15, 0.2) is 0 Å². The predicted octanol–water partition coefficient (Wildman–Crippen LogP) is 3.48. The first-order chi connectivity index (χ1) is 10.0. The van der Waals surface area contributed by atoms with Crippen LogP contribution < -0.4 is 11.3 Å². The monoisotopic (exact) mass is 358 g/mol. The molecule has 0 saturated heterocycles. The molecule has 0 fully saturated rings. The largest absolute Gasteiger partial charge is 0.271 e. The molecule has 0 amide bonds. The predicted molar refractivity (Wildman–Crippen MR) is 79.0 cm³/mol. The third-order valence-corrected chi connectivity index (χ3v) is 3.86. The molecule has 21 heavy (non-hydrogen) atoms. The van der Waals surface area contributed by atoms with Gasteiger partial charge in [0.2, 0.25) is 0 Å². The SMILES string of the molecule is NNC(Cc1ccccc1F)Cc1c(F)ccc(Br)c1F. The highest BCUT2D eigenvalue weighted by molar-refractivity contribution is 9.10. The summed E-state index contributed by atoms with van der Waals surface area (Å²) >= 11 is 3.02. The Labute approximate surface area is 129 Å². The molecule has 0 aliphatic rings. The first-order valence-electron chi connectivity index (χ1n) is 6.34. The maximum atomic E-state index is 13.9. The summed E-state index contributed by atoms with van der Waals surface area (Å²) in [5, 5.41) is 0. The second-order valence-corrected chi connectivity index (χ2v) is 5.54. The van der Waals surface area contributed by atoms with E-state index in [1.165, 1.54) is 18.2 Å². The van der Waals surface area contributed by atoms with E-state index < -0.39 is 17.7 Å². The van der Waals surface area contributed by atoms with Crippen LogP contribution in [0.4, 0.5) is 13.2 Å². The zero-order valence-electron chi connectivity index (χ0n) is 11.0. The van der Waals surface area contributed by atoms with Gasteiger partial charge in [0, 0.05) is 11.6 Å². The molecule has 1 atom stereocenters. The molecule has 2 nitrogen and oxygen atoms in total. The van der Waals surface area contributed by atoms with E-state index in [0.717, 1.165) is 0 Å². The number of nitrogens with two attached hydrogens (primary N) is 1. The molecule has 3 N–H and O–H groups in total. The van der Waals surface area contributed by atoms with Crippen molar-refractivity contribution in [1.82, 2.24) is 5.43 Å². The molecule has 0 heterocycles. The molecule has 0 aliphatic heterocycles. The highest BCUT2D eigenvalue weighted by Crippen LogP contribution is 2.23. The van der Waals surface area contributed by atoms with E-state index >= 15 is 0 Å². The Kier molecular flexibility index (Phi) is 5.39. The zero-order valence-corrected chi connectivity index (χ0v) is 12.6. The molecule has 2 aromatic carbocycles. The van der Waals surface area contributed by atoms with Gasteiger partial charge in [-0.1, -0.05) is 18.2 Å². The van der Waals surface area contributed by atoms with E-state index in [0.29, 0.717) is 5.56 Å². The fourth-order valence-electron chi connectivity index (χ4n) is 2.12. The minimum Gasteiger partial charge on any atom is -0.271 e. The van der Waals surface area contributed by atoms with Crippen LogP contribution in [0.25, 0.3) is 0 Å². The Hall–Kier alpha value is -1.37. The van der Waals surface area contributed by atoms with Gasteiger partial charge in [0.25, 0.3) is 0 Å². The van der Waals surface area contributed by atoms with Crippen molar-refractivity contribution in [2.75, 3.05) is 0 Å². The van der Waals surface area contributed by atoms with Crippen LogP contribution in [0.2, 0.25) is 0 Å². The number of hydrazine groups is 1. The van der Waals surface area contributed by atoms with Crippen LogP contribution >= 0.6 is 15.9 Å². The lowest BCUT2D eigenvalue weighted by atomic mass is 9.98. The standard InChI is InChI=1S/C15H14BrF3N2/c16-12-5-6-14(18)11(15(12)19)8-10(21-20)7-9-3-1-2-4-13(9)17/h1-6,10,21H,7-8,20H2. The van der Waals surface area contributed by atoms with Gasteiger partial charge in [-0.3, -0.25) is 11.3 Å². The second-order valence-electron chi connectivity index (χ2n) is 4.68. The molecular weight excluding hydrogens is 345 g/mol. The molecule has 0 saturated carbocycles. The zero-order chi connectivity index (χ0) is 15.4. The Morgan fingerprint density at radius 2 is 1.71 bits per heavy atom. The summed E-state index contributed by atoms with van der Waals surface area (Å²) in [5.41, 5.74) is 2.85. The average molecular weight is 359 g/mol. The molecule has 0 aromatic heterocycles. The smallest absolute Gasteiger partial charge is 0.143 e. The summed E-state index contributed by atoms with van der Waals surface area (Å²) in [4.78, 5) is 0. The van der Waals surface area contributed by atoms with Gasteiger partial charge in [-0.25, -0.2) is 13.2 Å². The van der Waals surface area contributed by atoms with Crippen molar-refractivity contribution >= 4 is 15.9 Å². The van der Waals surface area contributed by atoms with Crippen molar-refractivity contribution in [1.29, 1.82) is 0 Å². The van der Waals surface area contributed by atoms with E-state index in [4.69, 9.17) is 5.84 Å². The van der Waals surface area contributed by atoms with E-state index in [9.17, 15) is 13.2 Å². The van der Waals surface area contributed by atoms with E-state index in [1.54, 1.807) is 18.2 Å². The summed E-state index contributed by atoms with van der Waals surface area (Å²) in [5.74, 6) is 3.75. The van der Waals surface area contributed by atoms with Crippen molar-refractivity contribution in [3.63, 3.8) is 0 Å². The molecule has 6 heteroatoms. The Morgan fingerprint density at radius 1 is 1.00 bits per heavy atom. The molecule has 2 rings (SSSR count). The molecule has 0 aliphatic carbocycles. The maximum Gasteiger partial charge on any atom is 0.143 e. The first kappa shape index (κ1) is 16.0. The molecule has 112 valence electrons. The van der Waals surface area contributed by atoms with Gasteiger partial charge in [0.1, 0.15) is 17.5 Å². The Morgan fingerprint density at radius 3 is 2.38 bits per heavy atom. The molecule has 0 spiro atoms. The molecule has 2 aromatic rings. The van der Waals surface area contributed by atoms with Crippen LogP contribution in [-0.4, -0.2) is 6.04 Å². The Balaban J connectivity index is 2.21. The van der Waals surface area contributed by atoms with Crippen molar-refractivity contribution in [2.45, 2.75) is 18.9 Å². The summed E-state index contributed by atoms with van der Waals surface area (Å²) in [6.07, 6.45) is 0.247. The van der Waals surface area contributed by atoms with Gasteiger partial charge in [-0.2, -0.15) is 0 Å². The molecule has 0 radical (unpaired) electrons. The lowest BCUT2D eigenvalue weighted by molar-refractivity contribution is 0.475. The second kappa shape index (κ2) is 7.06. The maximum absolute atomic E-state index is 13.9. The number of hydrogen-bond acceptors (Lipinski definition) is 2. The number of hydrogen-bond donors (Lipinski definition) is 2. The summed E-state index contributed by atoms with van der Waals surface area (Å²) < 4.78 is 41.5. The van der Waals surface area contributed by atoms with Crippen LogP contribution in [0.1, 0.15) is 11.1 Å². The quantitative estimate of drug-likeness (QED) is 0.487. The molecule has 0 bridgehead atoms. The van der Waals surface area contributed by atoms with Crippen LogP contribution in [-0.2, 0) is 12.8 Å². The van der Waals surface area contributed by atoms with Crippen molar-refractivity contribution in [3.05, 3.63) is 69.4 Å². The summed E-state index contributed by atoms with van der Waals surface area (Å²) in [6, 6.07) is 8.23. The topological polar surface area (TPSA) is 38.0 Å². The fraction of sp³-hybridized carbons (Fsp3) is 0.200. The van der Waals surface area contributed by atoms with E-state index in [-0.39, 0.29) is 28.7 Å². The lowest BCUT2D eigenvalue weighted by Crippen LogP contribution is -2.39. The van der Waals surface area contributed by atoms with Gasteiger partial charge < -0.3 is 0 Å². The third-order valence-electron chi connectivity index (χ3n) is 3.25. The fourth-order valence-corrected chi connectivity index (χ4v) is 2.49. The van der Waals surface area contributed by atoms with E-state index in [1.807, 2.05) is 0 Å². The van der Waals surface area contributed by atoms with Crippen LogP contribution in [0.5, 0.6) is 0 Å². The van der Waals surface area contributed by atoms with E-state index in [2.05, 4.69) is 21.4 Å². The van der Waals surface area contributed by atoms with Gasteiger partial charge >= 0.3 is 0 Å². The van der Waals surface area contributed by atoms with Gasteiger partial charge in [-0.05, 0) is 52.5 Å². The highest BCUT2D eigenvalue weighted by Gasteiger charge is 2.18.